The van der Waals surface area contributed by atoms with Crippen LogP contribution in [0.15, 0.2) is 28.5 Å². The van der Waals surface area contributed by atoms with E-state index in [1.165, 1.54) is 11.3 Å². The van der Waals surface area contributed by atoms with Crippen LogP contribution < -0.4 is 4.72 Å². The van der Waals surface area contributed by atoms with Gasteiger partial charge in [0.1, 0.15) is 5.82 Å². The number of rotatable bonds is 5. The van der Waals surface area contributed by atoms with Crippen LogP contribution in [0, 0.1) is 12.7 Å². The quantitative estimate of drug-likeness (QED) is 0.825. The molecule has 2 rings (SSSR count). The maximum absolute atomic E-state index is 13.2. The van der Waals surface area contributed by atoms with Crippen molar-refractivity contribution in [2.45, 2.75) is 24.4 Å². The van der Waals surface area contributed by atoms with Gasteiger partial charge in [0.2, 0.25) is 10.0 Å². The molecular formula is C13H12F4N2O2S2. The smallest absolute Gasteiger partial charge is 0.247 e. The molecule has 0 fully saturated rings. The summed E-state index contributed by atoms with van der Waals surface area (Å²) >= 11 is 1.41. The second-order valence-electron chi connectivity index (χ2n) is 4.65. The van der Waals surface area contributed by atoms with Crippen LogP contribution in [0.1, 0.15) is 16.3 Å². The number of thiazole rings is 1. The standard InChI is InChI=1S/C13H12F4N2O2S2/c1-8-19-9(7-22-8)4-5-18-23(20,21)10-2-3-12(14)11(6-10)13(15,16)17/h2-3,6-7,18H,4-5H2,1H3. The monoisotopic (exact) mass is 368 g/mol. The van der Waals surface area contributed by atoms with Crippen molar-refractivity contribution >= 4 is 21.4 Å². The molecule has 1 aromatic heterocycles. The second-order valence-corrected chi connectivity index (χ2v) is 7.47. The number of hydrogen-bond acceptors (Lipinski definition) is 4. The van der Waals surface area contributed by atoms with Crippen LogP contribution in [0.5, 0.6) is 0 Å². The van der Waals surface area contributed by atoms with Crippen molar-refractivity contribution in [3.8, 4) is 0 Å². The fraction of sp³-hybridized carbons (Fsp3) is 0.308. The maximum Gasteiger partial charge on any atom is 0.419 e. The van der Waals surface area contributed by atoms with Gasteiger partial charge in [0, 0.05) is 18.3 Å². The Hall–Kier alpha value is -1.52. The third-order valence-electron chi connectivity index (χ3n) is 2.89. The van der Waals surface area contributed by atoms with Gasteiger partial charge in [0.15, 0.2) is 0 Å². The van der Waals surface area contributed by atoms with E-state index in [4.69, 9.17) is 0 Å². The van der Waals surface area contributed by atoms with Crippen molar-refractivity contribution < 1.29 is 26.0 Å². The molecule has 0 aliphatic rings. The van der Waals surface area contributed by atoms with Gasteiger partial charge < -0.3 is 0 Å². The fourth-order valence-electron chi connectivity index (χ4n) is 1.81. The second kappa shape index (κ2) is 6.54. The summed E-state index contributed by atoms with van der Waals surface area (Å²) in [7, 11) is -4.16. The molecule has 4 nitrogen and oxygen atoms in total. The maximum atomic E-state index is 13.2. The zero-order valence-corrected chi connectivity index (χ0v) is 13.4. The molecule has 23 heavy (non-hydrogen) atoms. The summed E-state index contributed by atoms with van der Waals surface area (Å²) in [5.74, 6) is -1.52. The van der Waals surface area contributed by atoms with Crippen molar-refractivity contribution in [2.75, 3.05) is 6.54 Å². The van der Waals surface area contributed by atoms with Crippen LogP contribution in [-0.4, -0.2) is 19.9 Å². The molecule has 1 aromatic carbocycles. The van der Waals surface area contributed by atoms with Gasteiger partial charge in [0.05, 0.1) is 21.2 Å². The third-order valence-corrected chi connectivity index (χ3v) is 5.17. The molecular weight excluding hydrogens is 356 g/mol. The molecule has 0 spiro atoms. The molecule has 1 N–H and O–H groups in total. The normalized spacial score (nSPS) is 12.6. The summed E-state index contributed by atoms with van der Waals surface area (Å²) in [5, 5.41) is 2.60. The first kappa shape index (κ1) is 17.8. The summed E-state index contributed by atoms with van der Waals surface area (Å²) in [4.78, 5) is 3.51. The molecule has 0 amide bonds. The zero-order valence-electron chi connectivity index (χ0n) is 11.8. The highest BCUT2D eigenvalue weighted by molar-refractivity contribution is 7.89. The highest BCUT2D eigenvalue weighted by Crippen LogP contribution is 2.32. The zero-order chi connectivity index (χ0) is 17.3. The minimum absolute atomic E-state index is 0.0236. The van der Waals surface area contributed by atoms with E-state index < -0.39 is 32.5 Å². The first-order valence-electron chi connectivity index (χ1n) is 6.37. The van der Waals surface area contributed by atoms with Crippen LogP contribution >= 0.6 is 11.3 Å². The van der Waals surface area contributed by atoms with Crippen molar-refractivity contribution in [3.05, 3.63) is 45.7 Å². The van der Waals surface area contributed by atoms with Gasteiger partial charge in [0.25, 0.3) is 0 Å². The highest BCUT2D eigenvalue weighted by atomic mass is 32.2. The molecule has 0 saturated carbocycles. The van der Waals surface area contributed by atoms with Crippen molar-refractivity contribution in [2.24, 2.45) is 0 Å². The minimum Gasteiger partial charge on any atom is -0.247 e. The molecule has 0 saturated heterocycles. The Labute approximate surface area is 134 Å². The summed E-state index contributed by atoms with van der Waals surface area (Å²) in [5.41, 5.74) is -0.930. The van der Waals surface area contributed by atoms with E-state index in [1.807, 2.05) is 0 Å². The molecule has 0 unspecified atom stereocenters. The van der Waals surface area contributed by atoms with Gasteiger partial charge in [-0.3, -0.25) is 0 Å². The van der Waals surface area contributed by atoms with Crippen LogP contribution in [0.3, 0.4) is 0 Å². The number of aromatic nitrogens is 1. The predicted molar refractivity (Wildman–Crippen MR) is 77.1 cm³/mol. The lowest BCUT2D eigenvalue weighted by Crippen LogP contribution is -2.26. The largest absolute Gasteiger partial charge is 0.419 e. The number of alkyl halides is 3. The molecule has 10 heteroatoms. The SMILES string of the molecule is Cc1nc(CCNS(=O)(=O)c2ccc(F)c(C(F)(F)F)c2)cs1. The van der Waals surface area contributed by atoms with Gasteiger partial charge in [-0.05, 0) is 25.1 Å². The van der Waals surface area contributed by atoms with Gasteiger partial charge in [-0.25, -0.2) is 22.5 Å². The van der Waals surface area contributed by atoms with Crippen LogP contribution in [0.4, 0.5) is 17.6 Å². The lowest BCUT2D eigenvalue weighted by molar-refractivity contribution is -0.140. The van der Waals surface area contributed by atoms with Crippen LogP contribution in [0.2, 0.25) is 0 Å². The minimum atomic E-state index is -4.96. The Balaban J connectivity index is 2.13. The van der Waals surface area contributed by atoms with E-state index in [2.05, 4.69) is 9.71 Å². The first-order valence-corrected chi connectivity index (χ1v) is 8.73. The number of hydrogen-bond donors (Lipinski definition) is 1. The summed E-state index contributed by atoms with van der Waals surface area (Å²) in [6, 6.07) is 1.56. The highest BCUT2D eigenvalue weighted by Gasteiger charge is 2.35. The molecule has 2 aromatic rings. The lowest BCUT2D eigenvalue weighted by Gasteiger charge is -2.11. The topological polar surface area (TPSA) is 59.1 Å². The Bertz CT molecular complexity index is 801. The third kappa shape index (κ3) is 4.49. The Morgan fingerprint density at radius 3 is 2.57 bits per heavy atom. The summed E-state index contributed by atoms with van der Waals surface area (Å²) < 4.78 is 77.3. The number of aryl methyl sites for hydroxylation is 1. The molecule has 0 radical (unpaired) electrons. The predicted octanol–water partition coefficient (Wildman–Crippen LogP) is 3.13. The molecule has 126 valence electrons. The van der Waals surface area contributed by atoms with Crippen molar-refractivity contribution in [3.63, 3.8) is 0 Å². The fourth-order valence-corrected chi connectivity index (χ4v) is 3.51. The molecule has 0 aliphatic carbocycles. The van der Waals surface area contributed by atoms with Gasteiger partial charge >= 0.3 is 6.18 Å². The van der Waals surface area contributed by atoms with Crippen molar-refractivity contribution in [1.29, 1.82) is 0 Å². The van der Waals surface area contributed by atoms with E-state index in [9.17, 15) is 26.0 Å². The Kier molecular flexibility index (Phi) is 5.07. The van der Waals surface area contributed by atoms with E-state index in [0.29, 0.717) is 18.2 Å². The first-order chi connectivity index (χ1) is 10.6. The molecule has 0 aliphatic heterocycles. The Morgan fingerprint density at radius 1 is 1.30 bits per heavy atom. The number of benzene rings is 1. The van der Waals surface area contributed by atoms with Gasteiger partial charge in [-0.15, -0.1) is 11.3 Å². The van der Waals surface area contributed by atoms with Crippen LogP contribution in [-0.2, 0) is 22.6 Å². The number of sulfonamides is 1. The Morgan fingerprint density at radius 2 is 2.00 bits per heavy atom. The average Bonchev–Trinajstić information content (AvgIpc) is 2.83. The number of halogens is 4. The van der Waals surface area contributed by atoms with E-state index in [0.717, 1.165) is 11.1 Å². The average molecular weight is 368 g/mol. The van der Waals surface area contributed by atoms with Gasteiger partial charge in [-0.2, -0.15) is 13.2 Å². The number of nitrogens with zero attached hydrogens (tertiary/aromatic N) is 1. The van der Waals surface area contributed by atoms with E-state index in [1.54, 1.807) is 12.3 Å². The van der Waals surface area contributed by atoms with E-state index >= 15 is 0 Å². The van der Waals surface area contributed by atoms with Crippen molar-refractivity contribution in [1.82, 2.24) is 9.71 Å². The molecule has 0 bridgehead atoms. The number of nitrogens with one attached hydrogen (secondary N) is 1. The lowest BCUT2D eigenvalue weighted by atomic mass is 10.2. The molecule has 1 heterocycles. The molecule has 0 atom stereocenters. The van der Waals surface area contributed by atoms with E-state index in [-0.39, 0.29) is 12.6 Å². The summed E-state index contributed by atoms with van der Waals surface area (Å²) in [6.07, 6.45) is -4.66. The summed E-state index contributed by atoms with van der Waals surface area (Å²) in [6.45, 7) is 1.78. The van der Waals surface area contributed by atoms with Gasteiger partial charge in [-0.1, -0.05) is 0 Å². The van der Waals surface area contributed by atoms with Crippen LogP contribution in [0.25, 0.3) is 0 Å².